The highest BCUT2D eigenvalue weighted by Crippen LogP contribution is 2.18. The molecule has 15 heavy (non-hydrogen) atoms. The average molecular weight is 233 g/mol. The first-order valence-corrected chi connectivity index (χ1v) is 6.35. The third-order valence-corrected chi connectivity index (χ3v) is 3.25. The molecule has 0 amide bonds. The summed E-state index contributed by atoms with van der Waals surface area (Å²) in [5.74, 6) is 1.49. The standard InChI is InChI=1S/C11H23NO2S/c1-10-3-4-12(9-11(10)13-2)5-6-14-7-8-15/h10-11,15H,3-9H2,1-2H3. The highest BCUT2D eigenvalue weighted by molar-refractivity contribution is 7.80. The van der Waals surface area contributed by atoms with Crippen LogP contribution in [0.3, 0.4) is 0 Å². The van der Waals surface area contributed by atoms with Gasteiger partial charge in [-0.3, -0.25) is 4.90 Å². The van der Waals surface area contributed by atoms with E-state index in [9.17, 15) is 0 Å². The molecular weight excluding hydrogens is 210 g/mol. The first kappa shape index (κ1) is 13.3. The summed E-state index contributed by atoms with van der Waals surface area (Å²) >= 11 is 4.10. The molecule has 0 saturated carbocycles. The van der Waals surface area contributed by atoms with Gasteiger partial charge in [-0.1, -0.05) is 6.92 Å². The van der Waals surface area contributed by atoms with E-state index in [0.717, 1.165) is 32.1 Å². The van der Waals surface area contributed by atoms with Crippen molar-refractivity contribution in [1.29, 1.82) is 0 Å². The molecule has 0 radical (unpaired) electrons. The molecule has 0 aromatic carbocycles. The molecule has 1 heterocycles. The summed E-state index contributed by atoms with van der Waals surface area (Å²) in [4.78, 5) is 2.42. The molecule has 2 unspecified atom stereocenters. The van der Waals surface area contributed by atoms with Crippen LogP contribution in [0, 0.1) is 5.92 Å². The van der Waals surface area contributed by atoms with Crippen molar-refractivity contribution in [2.75, 3.05) is 45.7 Å². The van der Waals surface area contributed by atoms with Crippen LogP contribution in [0.5, 0.6) is 0 Å². The number of piperidine rings is 1. The molecule has 0 aliphatic carbocycles. The molecule has 1 rings (SSSR count). The van der Waals surface area contributed by atoms with Crippen LogP contribution in [0.25, 0.3) is 0 Å². The summed E-state index contributed by atoms with van der Waals surface area (Å²) < 4.78 is 10.9. The summed E-state index contributed by atoms with van der Waals surface area (Å²) in [6.45, 7) is 7.06. The highest BCUT2D eigenvalue weighted by atomic mass is 32.1. The third-order valence-electron chi connectivity index (χ3n) is 3.06. The van der Waals surface area contributed by atoms with E-state index >= 15 is 0 Å². The highest BCUT2D eigenvalue weighted by Gasteiger charge is 2.25. The number of ether oxygens (including phenoxy) is 2. The van der Waals surface area contributed by atoms with Crippen molar-refractivity contribution in [2.24, 2.45) is 5.92 Å². The van der Waals surface area contributed by atoms with Crippen molar-refractivity contribution >= 4 is 12.6 Å². The molecule has 0 bridgehead atoms. The predicted molar refractivity (Wildman–Crippen MR) is 65.7 cm³/mol. The number of nitrogens with zero attached hydrogens (tertiary/aromatic N) is 1. The van der Waals surface area contributed by atoms with E-state index in [4.69, 9.17) is 9.47 Å². The van der Waals surface area contributed by atoms with Gasteiger partial charge >= 0.3 is 0 Å². The number of hydrogen-bond donors (Lipinski definition) is 1. The van der Waals surface area contributed by atoms with Crippen molar-refractivity contribution in [1.82, 2.24) is 4.90 Å². The SMILES string of the molecule is COC1CN(CCOCCS)CCC1C. The van der Waals surface area contributed by atoms with Gasteiger partial charge in [-0.05, 0) is 18.9 Å². The van der Waals surface area contributed by atoms with E-state index in [0.29, 0.717) is 12.0 Å². The number of methoxy groups -OCH3 is 1. The molecule has 4 heteroatoms. The Bertz CT molecular complexity index is 169. The first-order chi connectivity index (χ1) is 7.27. The van der Waals surface area contributed by atoms with Gasteiger partial charge in [-0.2, -0.15) is 12.6 Å². The fraction of sp³-hybridized carbons (Fsp3) is 1.00. The summed E-state index contributed by atoms with van der Waals surface area (Å²) in [7, 11) is 1.81. The van der Waals surface area contributed by atoms with Gasteiger partial charge in [-0.25, -0.2) is 0 Å². The summed E-state index contributed by atoms with van der Waals surface area (Å²) in [6.07, 6.45) is 1.62. The molecule has 2 atom stereocenters. The molecule has 90 valence electrons. The number of hydrogen-bond acceptors (Lipinski definition) is 4. The summed E-state index contributed by atoms with van der Waals surface area (Å²) in [5.41, 5.74) is 0. The molecule has 0 aromatic rings. The zero-order valence-corrected chi connectivity index (χ0v) is 10.7. The van der Waals surface area contributed by atoms with Crippen LogP contribution in [0.2, 0.25) is 0 Å². The Balaban J connectivity index is 2.14. The molecule has 1 aliphatic rings. The van der Waals surface area contributed by atoms with Crippen molar-refractivity contribution < 1.29 is 9.47 Å². The average Bonchev–Trinajstić information content (AvgIpc) is 2.26. The van der Waals surface area contributed by atoms with Gasteiger partial charge in [0.1, 0.15) is 0 Å². The van der Waals surface area contributed by atoms with E-state index in [-0.39, 0.29) is 0 Å². The minimum absolute atomic E-state index is 0.392. The van der Waals surface area contributed by atoms with Gasteiger partial charge in [-0.15, -0.1) is 0 Å². The lowest BCUT2D eigenvalue weighted by atomic mass is 9.96. The van der Waals surface area contributed by atoms with E-state index in [1.165, 1.54) is 13.0 Å². The van der Waals surface area contributed by atoms with Gasteiger partial charge in [0.25, 0.3) is 0 Å². The minimum Gasteiger partial charge on any atom is -0.380 e. The summed E-state index contributed by atoms with van der Waals surface area (Å²) in [6, 6.07) is 0. The maximum absolute atomic E-state index is 5.47. The maximum atomic E-state index is 5.47. The predicted octanol–water partition coefficient (Wildman–Crippen LogP) is 1.29. The Morgan fingerprint density at radius 2 is 2.20 bits per heavy atom. The van der Waals surface area contributed by atoms with Crippen LogP contribution in [0.4, 0.5) is 0 Å². The molecule has 3 nitrogen and oxygen atoms in total. The Morgan fingerprint density at radius 1 is 1.40 bits per heavy atom. The lowest BCUT2D eigenvalue weighted by Crippen LogP contribution is -2.45. The Morgan fingerprint density at radius 3 is 2.87 bits per heavy atom. The zero-order valence-electron chi connectivity index (χ0n) is 9.82. The van der Waals surface area contributed by atoms with Gasteiger partial charge in [0, 0.05) is 26.0 Å². The second-order valence-corrected chi connectivity index (χ2v) is 4.62. The third kappa shape index (κ3) is 4.72. The number of rotatable bonds is 6. The van der Waals surface area contributed by atoms with E-state index in [2.05, 4.69) is 24.5 Å². The fourth-order valence-electron chi connectivity index (χ4n) is 1.97. The van der Waals surface area contributed by atoms with Crippen molar-refractivity contribution in [2.45, 2.75) is 19.4 Å². The lowest BCUT2D eigenvalue weighted by molar-refractivity contribution is -0.0127. The second-order valence-electron chi connectivity index (χ2n) is 4.18. The normalized spacial score (nSPS) is 28.2. The Kier molecular flexibility index (Phi) is 6.64. The largest absolute Gasteiger partial charge is 0.380 e. The van der Waals surface area contributed by atoms with Crippen LogP contribution < -0.4 is 0 Å². The molecule has 1 aliphatic heterocycles. The topological polar surface area (TPSA) is 21.7 Å². The Hall–Kier alpha value is 0.230. The molecule has 1 fully saturated rings. The van der Waals surface area contributed by atoms with Crippen LogP contribution >= 0.6 is 12.6 Å². The van der Waals surface area contributed by atoms with Gasteiger partial charge in [0.2, 0.25) is 0 Å². The van der Waals surface area contributed by atoms with Crippen molar-refractivity contribution in [3.8, 4) is 0 Å². The second kappa shape index (κ2) is 7.49. The van der Waals surface area contributed by atoms with E-state index in [1.54, 1.807) is 0 Å². The molecule has 0 spiro atoms. The van der Waals surface area contributed by atoms with Crippen LogP contribution in [0.15, 0.2) is 0 Å². The van der Waals surface area contributed by atoms with Crippen molar-refractivity contribution in [3.63, 3.8) is 0 Å². The monoisotopic (exact) mass is 233 g/mol. The number of likely N-dealkylation sites (tertiary alicyclic amines) is 1. The molecule has 0 N–H and O–H groups in total. The van der Waals surface area contributed by atoms with Gasteiger partial charge in [0.15, 0.2) is 0 Å². The maximum Gasteiger partial charge on any atom is 0.0724 e. The fourth-order valence-corrected chi connectivity index (χ4v) is 2.10. The van der Waals surface area contributed by atoms with E-state index in [1.807, 2.05) is 7.11 Å². The first-order valence-electron chi connectivity index (χ1n) is 5.71. The van der Waals surface area contributed by atoms with E-state index < -0.39 is 0 Å². The quantitative estimate of drug-likeness (QED) is 0.552. The van der Waals surface area contributed by atoms with Crippen LogP contribution in [-0.4, -0.2) is 56.7 Å². The van der Waals surface area contributed by atoms with Crippen LogP contribution in [0.1, 0.15) is 13.3 Å². The smallest absolute Gasteiger partial charge is 0.0724 e. The van der Waals surface area contributed by atoms with Crippen molar-refractivity contribution in [3.05, 3.63) is 0 Å². The molecule has 0 aromatic heterocycles. The minimum atomic E-state index is 0.392. The molecule has 1 saturated heterocycles. The Labute approximate surface area is 98.5 Å². The van der Waals surface area contributed by atoms with Gasteiger partial charge < -0.3 is 9.47 Å². The van der Waals surface area contributed by atoms with Gasteiger partial charge in [0.05, 0.1) is 19.3 Å². The number of thiol groups is 1. The zero-order chi connectivity index (χ0) is 11.1. The molecular formula is C11H23NO2S. The summed E-state index contributed by atoms with van der Waals surface area (Å²) in [5, 5.41) is 0. The lowest BCUT2D eigenvalue weighted by Gasteiger charge is -2.36. The van der Waals surface area contributed by atoms with Crippen LogP contribution in [-0.2, 0) is 9.47 Å².